The Morgan fingerprint density at radius 3 is 2.54 bits per heavy atom. The normalized spacial score (nSPS) is 38.1. The van der Waals surface area contributed by atoms with Crippen molar-refractivity contribution in [1.29, 1.82) is 0 Å². The van der Waals surface area contributed by atoms with Crippen LogP contribution < -0.4 is 5.32 Å². The third kappa shape index (κ3) is 9.50. The Morgan fingerprint density at radius 2 is 1.92 bits per heavy atom. The highest BCUT2D eigenvalue weighted by Gasteiger charge is 2.51. The van der Waals surface area contributed by atoms with Gasteiger partial charge in [0.2, 0.25) is 5.91 Å². The minimum atomic E-state index is -1.65. The zero-order valence-electron chi connectivity index (χ0n) is 22.5. The van der Waals surface area contributed by atoms with Crippen LogP contribution >= 0.6 is 11.6 Å². The summed E-state index contributed by atoms with van der Waals surface area (Å²) in [6.07, 6.45) is 6.62. The van der Waals surface area contributed by atoms with Gasteiger partial charge >= 0.3 is 5.97 Å². The summed E-state index contributed by atoms with van der Waals surface area (Å²) in [5.41, 5.74) is -0.749. The van der Waals surface area contributed by atoms with Crippen molar-refractivity contribution < 1.29 is 39.1 Å². The van der Waals surface area contributed by atoms with Crippen LogP contribution in [0.4, 0.5) is 0 Å². The summed E-state index contributed by atoms with van der Waals surface area (Å²) in [6.45, 7) is 10.3. The van der Waals surface area contributed by atoms with Crippen molar-refractivity contribution in [2.75, 3.05) is 5.88 Å². The van der Waals surface area contributed by atoms with E-state index in [-0.39, 0.29) is 42.4 Å². The fraction of sp³-hybridized carbons (Fsp3) is 0.704. The molecule has 1 amide bonds. The van der Waals surface area contributed by atoms with Crippen LogP contribution in [0.25, 0.3) is 0 Å². The lowest BCUT2D eigenvalue weighted by Crippen LogP contribution is -2.61. The number of rotatable bonds is 9. The number of hydrogen-bond donors (Lipinski definition) is 4. The van der Waals surface area contributed by atoms with Crippen LogP contribution in [0.2, 0.25) is 0 Å². The third-order valence-corrected chi connectivity index (χ3v) is 7.22. The minimum Gasteiger partial charge on any atom is -0.459 e. The number of amides is 1. The maximum Gasteiger partial charge on any atom is 0.303 e. The number of carbonyl (C=O) groups is 2. The van der Waals surface area contributed by atoms with Crippen molar-refractivity contribution in [2.24, 2.45) is 5.92 Å². The predicted octanol–water partition coefficient (Wildman–Crippen LogP) is 2.51. The average Bonchev–Trinajstić information content (AvgIpc) is 2.79. The fourth-order valence-corrected chi connectivity index (χ4v) is 4.99. The highest BCUT2D eigenvalue weighted by atomic mass is 35.5. The number of alkyl halides is 1. The van der Waals surface area contributed by atoms with Gasteiger partial charge in [0.25, 0.3) is 0 Å². The monoisotopic (exact) mass is 543 g/mol. The zero-order valence-corrected chi connectivity index (χ0v) is 23.3. The molecule has 0 spiro atoms. The molecule has 0 aliphatic carbocycles. The third-order valence-electron chi connectivity index (χ3n) is 6.75. The largest absolute Gasteiger partial charge is 0.459 e. The Balaban J connectivity index is 1.91. The molecule has 2 heterocycles. The highest BCUT2D eigenvalue weighted by molar-refractivity contribution is 6.18. The van der Waals surface area contributed by atoms with Crippen LogP contribution in [0, 0.1) is 5.92 Å². The smallest absolute Gasteiger partial charge is 0.303 e. The summed E-state index contributed by atoms with van der Waals surface area (Å²) in [6, 6.07) is -0.143. The molecular weight excluding hydrogens is 502 g/mol. The van der Waals surface area contributed by atoms with Crippen LogP contribution in [0.5, 0.6) is 0 Å². The Morgan fingerprint density at radius 1 is 1.24 bits per heavy atom. The van der Waals surface area contributed by atoms with Gasteiger partial charge in [-0.2, -0.15) is 0 Å². The number of halogens is 1. The van der Waals surface area contributed by atoms with Crippen LogP contribution in [0.3, 0.4) is 0 Å². The van der Waals surface area contributed by atoms with Gasteiger partial charge in [-0.1, -0.05) is 30.7 Å². The number of aliphatic hydroxyl groups is 3. The van der Waals surface area contributed by atoms with Gasteiger partial charge in [0, 0.05) is 19.4 Å². The molecule has 9 atom stereocenters. The van der Waals surface area contributed by atoms with E-state index in [0.29, 0.717) is 6.42 Å². The second-order valence-corrected chi connectivity index (χ2v) is 10.8. The number of nitrogens with one attached hydrogen (secondary N) is 1. The molecule has 2 aliphatic heterocycles. The highest BCUT2D eigenvalue weighted by Crippen LogP contribution is 2.36. The molecule has 210 valence electrons. The molecular formula is C27H42ClNO8. The topological polar surface area (TPSA) is 135 Å². The van der Waals surface area contributed by atoms with E-state index >= 15 is 0 Å². The Labute approximate surface area is 224 Å². The molecule has 0 radical (unpaired) electrons. The van der Waals surface area contributed by atoms with Crippen molar-refractivity contribution in [3.8, 4) is 0 Å². The molecule has 0 aromatic heterocycles. The van der Waals surface area contributed by atoms with E-state index in [4.69, 9.17) is 25.8 Å². The first kappa shape index (κ1) is 31.5. The van der Waals surface area contributed by atoms with E-state index in [2.05, 4.69) is 12.2 Å². The van der Waals surface area contributed by atoms with Gasteiger partial charge in [-0.25, -0.2) is 0 Å². The molecule has 9 unspecified atom stereocenters. The molecule has 2 saturated heterocycles. The zero-order chi connectivity index (χ0) is 28.0. The molecule has 2 fully saturated rings. The Kier molecular flexibility index (Phi) is 11.4. The van der Waals surface area contributed by atoms with Gasteiger partial charge in [-0.15, -0.1) is 11.6 Å². The Bertz CT molecular complexity index is 888. The standard InChI is InChI=1S/C27H42ClNO8/c1-16(8-11-23-25(32)27(34,15-28)14-26(6,33)37-23)7-10-22-17(2)13-21(19(4)36-22)29-24(31)12-9-18(3)35-20(5)30/h7-9,11-12,17-19,21-23,25,32-34H,10,13-15H2,1-6H3,(H,29,31). The lowest BCUT2D eigenvalue weighted by molar-refractivity contribution is -0.302. The van der Waals surface area contributed by atoms with Crippen molar-refractivity contribution in [3.05, 3.63) is 36.0 Å². The number of ether oxygens (including phenoxy) is 3. The molecule has 2 aliphatic rings. The SMILES string of the molecule is CC(=O)OC(C)C=CC(=O)NC1CC(C)C(CC=C(C)C=CC2OC(C)(O)CC(O)(CCl)C2O)OC1C. The molecule has 0 bridgehead atoms. The summed E-state index contributed by atoms with van der Waals surface area (Å²) in [5.74, 6) is -2.32. The second-order valence-electron chi connectivity index (χ2n) is 10.5. The van der Waals surface area contributed by atoms with Crippen LogP contribution in [0.1, 0.15) is 60.8 Å². The van der Waals surface area contributed by atoms with Gasteiger partial charge in [0.15, 0.2) is 5.79 Å². The fourth-order valence-electron chi connectivity index (χ4n) is 4.73. The van der Waals surface area contributed by atoms with E-state index in [9.17, 15) is 24.9 Å². The van der Waals surface area contributed by atoms with E-state index in [0.717, 1.165) is 12.0 Å². The maximum atomic E-state index is 12.3. The molecule has 0 aromatic carbocycles. The Hall–Kier alpha value is -1.75. The van der Waals surface area contributed by atoms with Gasteiger partial charge in [0.1, 0.15) is 23.9 Å². The van der Waals surface area contributed by atoms with Gasteiger partial charge in [-0.3, -0.25) is 9.59 Å². The van der Waals surface area contributed by atoms with E-state index < -0.39 is 35.7 Å². The molecule has 2 rings (SSSR count). The molecule has 37 heavy (non-hydrogen) atoms. The number of hydrogen-bond acceptors (Lipinski definition) is 8. The summed E-state index contributed by atoms with van der Waals surface area (Å²) in [7, 11) is 0. The van der Waals surface area contributed by atoms with Crippen molar-refractivity contribution in [1.82, 2.24) is 5.32 Å². The molecule has 4 N–H and O–H groups in total. The van der Waals surface area contributed by atoms with Crippen LogP contribution in [-0.2, 0) is 23.8 Å². The lowest BCUT2D eigenvalue weighted by Gasteiger charge is -2.46. The molecule has 0 saturated carbocycles. The summed E-state index contributed by atoms with van der Waals surface area (Å²) < 4.78 is 16.7. The minimum absolute atomic E-state index is 0.0374. The molecule has 10 heteroatoms. The van der Waals surface area contributed by atoms with Crippen LogP contribution in [-0.4, -0.2) is 81.0 Å². The van der Waals surface area contributed by atoms with E-state index in [1.54, 1.807) is 19.1 Å². The predicted molar refractivity (Wildman–Crippen MR) is 140 cm³/mol. The first-order chi connectivity index (χ1) is 17.2. The maximum absolute atomic E-state index is 12.3. The van der Waals surface area contributed by atoms with Gasteiger partial charge < -0.3 is 34.8 Å². The van der Waals surface area contributed by atoms with Crippen LogP contribution in [0.15, 0.2) is 36.0 Å². The van der Waals surface area contributed by atoms with Crippen molar-refractivity contribution >= 4 is 23.5 Å². The quantitative estimate of drug-likeness (QED) is 0.151. The first-order valence-electron chi connectivity index (χ1n) is 12.7. The summed E-state index contributed by atoms with van der Waals surface area (Å²) in [4.78, 5) is 23.3. The van der Waals surface area contributed by atoms with Gasteiger partial charge in [-0.05, 0) is 52.5 Å². The average molecular weight is 544 g/mol. The van der Waals surface area contributed by atoms with E-state index in [1.807, 2.05) is 19.9 Å². The van der Waals surface area contributed by atoms with Crippen molar-refractivity contribution in [3.63, 3.8) is 0 Å². The lowest BCUT2D eigenvalue weighted by atomic mass is 9.84. The number of carbonyl (C=O) groups excluding carboxylic acids is 2. The molecule has 0 aromatic rings. The first-order valence-corrected chi connectivity index (χ1v) is 13.2. The van der Waals surface area contributed by atoms with E-state index in [1.165, 1.54) is 26.0 Å². The summed E-state index contributed by atoms with van der Waals surface area (Å²) in [5, 5.41) is 34.4. The number of allylic oxidation sites excluding steroid dienone is 2. The number of esters is 1. The second kappa shape index (κ2) is 13.4. The molecule has 9 nitrogen and oxygen atoms in total. The summed E-state index contributed by atoms with van der Waals surface area (Å²) >= 11 is 5.85. The van der Waals surface area contributed by atoms with Gasteiger partial charge in [0.05, 0.1) is 24.1 Å². The van der Waals surface area contributed by atoms with Crippen molar-refractivity contribution in [2.45, 2.75) is 109 Å². The number of aliphatic hydroxyl groups excluding tert-OH is 1.